The fourth-order valence-corrected chi connectivity index (χ4v) is 3.26. The van der Waals surface area contributed by atoms with Gasteiger partial charge in [0.1, 0.15) is 5.82 Å². The van der Waals surface area contributed by atoms with Gasteiger partial charge in [0.15, 0.2) is 0 Å². The lowest BCUT2D eigenvalue weighted by molar-refractivity contribution is -0.130. The molecule has 0 aliphatic carbocycles. The van der Waals surface area contributed by atoms with Gasteiger partial charge in [0.05, 0.1) is 11.4 Å². The van der Waals surface area contributed by atoms with Gasteiger partial charge >= 0.3 is 0 Å². The third-order valence-electron chi connectivity index (χ3n) is 3.57. The van der Waals surface area contributed by atoms with Gasteiger partial charge in [-0.25, -0.2) is 12.8 Å². The molecule has 0 atom stereocenters. The second-order valence-electron chi connectivity index (χ2n) is 5.45. The minimum atomic E-state index is -3.71. The average molecular weight is 350 g/mol. The zero-order valence-electron chi connectivity index (χ0n) is 13.5. The van der Waals surface area contributed by atoms with E-state index >= 15 is 0 Å². The van der Waals surface area contributed by atoms with Crippen molar-refractivity contribution in [2.75, 3.05) is 20.6 Å². The van der Waals surface area contributed by atoms with Crippen molar-refractivity contribution in [3.05, 3.63) is 66.0 Å². The predicted molar refractivity (Wildman–Crippen MR) is 89.1 cm³/mol. The summed E-state index contributed by atoms with van der Waals surface area (Å²) < 4.78 is 38.7. The standard InChI is InChI=1S/C17H19FN2O3S/c1-19(12-14-8-10-15(18)11-9-14)17(21)13-20(2)24(22,23)16-6-4-3-5-7-16/h3-11H,12-13H2,1-2H3. The van der Waals surface area contributed by atoms with Crippen molar-refractivity contribution in [3.8, 4) is 0 Å². The van der Waals surface area contributed by atoms with Crippen molar-refractivity contribution in [1.82, 2.24) is 9.21 Å². The van der Waals surface area contributed by atoms with Gasteiger partial charge in [-0.3, -0.25) is 4.79 Å². The van der Waals surface area contributed by atoms with Gasteiger partial charge in [-0.05, 0) is 29.8 Å². The Morgan fingerprint density at radius 3 is 2.17 bits per heavy atom. The van der Waals surface area contributed by atoms with Crippen molar-refractivity contribution in [2.24, 2.45) is 0 Å². The van der Waals surface area contributed by atoms with Crippen LogP contribution in [0.3, 0.4) is 0 Å². The first-order valence-electron chi connectivity index (χ1n) is 7.30. The van der Waals surface area contributed by atoms with E-state index in [2.05, 4.69) is 0 Å². The van der Waals surface area contributed by atoms with Crippen LogP contribution in [0.4, 0.5) is 4.39 Å². The molecule has 0 aliphatic heterocycles. The molecule has 2 rings (SSSR count). The summed E-state index contributed by atoms with van der Waals surface area (Å²) in [5.41, 5.74) is 0.765. The Hall–Kier alpha value is -2.25. The monoisotopic (exact) mass is 350 g/mol. The maximum atomic E-state index is 12.9. The number of carbonyl (C=O) groups is 1. The average Bonchev–Trinajstić information content (AvgIpc) is 2.57. The second kappa shape index (κ2) is 7.55. The van der Waals surface area contributed by atoms with E-state index in [4.69, 9.17) is 0 Å². The largest absolute Gasteiger partial charge is 0.340 e. The van der Waals surface area contributed by atoms with Crippen LogP contribution in [0.2, 0.25) is 0 Å². The Bertz CT molecular complexity index is 792. The van der Waals surface area contributed by atoms with Gasteiger partial charge in [0, 0.05) is 20.6 Å². The molecular formula is C17H19FN2O3S. The van der Waals surface area contributed by atoms with Crippen LogP contribution in [0.5, 0.6) is 0 Å². The number of likely N-dealkylation sites (N-methyl/N-ethyl adjacent to an activating group) is 2. The lowest BCUT2D eigenvalue weighted by Crippen LogP contribution is -2.39. The van der Waals surface area contributed by atoms with Gasteiger partial charge in [-0.2, -0.15) is 4.31 Å². The number of hydrogen-bond acceptors (Lipinski definition) is 3. The van der Waals surface area contributed by atoms with Crippen LogP contribution in [0, 0.1) is 5.82 Å². The Morgan fingerprint density at radius 1 is 1.00 bits per heavy atom. The van der Waals surface area contributed by atoms with E-state index in [9.17, 15) is 17.6 Å². The summed E-state index contributed by atoms with van der Waals surface area (Å²) >= 11 is 0. The molecule has 2 aromatic carbocycles. The van der Waals surface area contributed by atoms with Crippen LogP contribution < -0.4 is 0 Å². The number of nitrogens with zero attached hydrogens (tertiary/aromatic N) is 2. The zero-order chi connectivity index (χ0) is 17.7. The van der Waals surface area contributed by atoms with E-state index in [1.165, 1.54) is 36.2 Å². The molecule has 5 nitrogen and oxygen atoms in total. The van der Waals surface area contributed by atoms with E-state index in [1.807, 2.05) is 0 Å². The van der Waals surface area contributed by atoms with Crippen LogP contribution in [-0.2, 0) is 21.4 Å². The summed E-state index contributed by atoms with van der Waals surface area (Å²) in [6.45, 7) is 0.00720. The van der Waals surface area contributed by atoms with Crippen molar-refractivity contribution in [1.29, 1.82) is 0 Å². The Balaban J connectivity index is 2.01. The molecule has 0 heterocycles. The highest BCUT2D eigenvalue weighted by molar-refractivity contribution is 7.89. The topological polar surface area (TPSA) is 57.7 Å². The predicted octanol–water partition coefficient (Wildman–Crippen LogP) is 2.10. The molecular weight excluding hydrogens is 331 g/mol. The lowest BCUT2D eigenvalue weighted by atomic mass is 10.2. The highest BCUT2D eigenvalue weighted by Gasteiger charge is 2.24. The quantitative estimate of drug-likeness (QED) is 0.802. The third-order valence-corrected chi connectivity index (χ3v) is 5.39. The Kier molecular flexibility index (Phi) is 5.69. The van der Waals surface area contributed by atoms with Crippen LogP contribution in [-0.4, -0.2) is 44.2 Å². The van der Waals surface area contributed by atoms with Gasteiger partial charge < -0.3 is 4.90 Å². The summed E-state index contributed by atoms with van der Waals surface area (Å²) in [7, 11) is -0.765. The van der Waals surface area contributed by atoms with Crippen LogP contribution in [0.15, 0.2) is 59.5 Å². The summed E-state index contributed by atoms with van der Waals surface area (Å²) in [4.78, 5) is 13.8. The molecule has 0 saturated carbocycles. The molecule has 0 fully saturated rings. The van der Waals surface area contributed by atoms with Gasteiger partial charge in [-0.1, -0.05) is 30.3 Å². The summed E-state index contributed by atoms with van der Waals surface area (Å²) in [5.74, 6) is -0.692. The number of hydrogen-bond donors (Lipinski definition) is 0. The molecule has 0 radical (unpaired) electrons. The number of benzene rings is 2. The normalized spacial score (nSPS) is 11.5. The number of sulfonamides is 1. The molecule has 0 N–H and O–H groups in total. The van der Waals surface area contributed by atoms with Crippen molar-refractivity contribution < 1.29 is 17.6 Å². The smallest absolute Gasteiger partial charge is 0.243 e. The SMILES string of the molecule is CN(Cc1ccc(F)cc1)C(=O)CN(C)S(=O)(=O)c1ccccc1. The van der Waals surface area contributed by atoms with Gasteiger partial charge in [0.2, 0.25) is 15.9 Å². The molecule has 128 valence electrons. The summed E-state index contributed by atoms with van der Waals surface area (Å²) in [6, 6.07) is 13.8. The maximum absolute atomic E-state index is 12.9. The summed E-state index contributed by atoms with van der Waals surface area (Å²) in [6.07, 6.45) is 0. The minimum absolute atomic E-state index is 0.140. The van der Waals surface area contributed by atoms with Gasteiger partial charge in [-0.15, -0.1) is 0 Å². The first-order chi connectivity index (χ1) is 11.3. The number of halogens is 1. The van der Waals surface area contributed by atoms with Crippen molar-refractivity contribution in [3.63, 3.8) is 0 Å². The number of amides is 1. The molecule has 0 aromatic heterocycles. The summed E-state index contributed by atoms with van der Waals surface area (Å²) in [5, 5.41) is 0. The number of rotatable bonds is 6. The Labute approximate surface area is 141 Å². The first kappa shape index (κ1) is 18.1. The molecule has 0 spiro atoms. The van der Waals surface area contributed by atoms with Crippen molar-refractivity contribution >= 4 is 15.9 Å². The maximum Gasteiger partial charge on any atom is 0.243 e. The molecule has 24 heavy (non-hydrogen) atoms. The molecule has 0 aliphatic rings. The van der Waals surface area contributed by atoms with Crippen LogP contribution in [0.25, 0.3) is 0 Å². The Morgan fingerprint density at radius 2 is 1.58 bits per heavy atom. The van der Waals surface area contributed by atoms with E-state index in [0.717, 1.165) is 9.87 Å². The molecule has 0 bridgehead atoms. The van der Waals surface area contributed by atoms with Crippen LogP contribution >= 0.6 is 0 Å². The number of carbonyl (C=O) groups excluding carboxylic acids is 1. The molecule has 7 heteroatoms. The fraction of sp³-hybridized carbons (Fsp3) is 0.235. The van der Waals surface area contributed by atoms with Crippen molar-refractivity contribution in [2.45, 2.75) is 11.4 Å². The second-order valence-corrected chi connectivity index (χ2v) is 7.50. The molecule has 1 amide bonds. The van der Waals surface area contributed by atoms with E-state index in [-0.39, 0.29) is 29.7 Å². The fourth-order valence-electron chi connectivity index (χ4n) is 2.12. The lowest BCUT2D eigenvalue weighted by Gasteiger charge is -2.22. The van der Waals surface area contributed by atoms with E-state index < -0.39 is 10.0 Å². The minimum Gasteiger partial charge on any atom is -0.340 e. The molecule has 0 saturated heterocycles. The highest BCUT2D eigenvalue weighted by Crippen LogP contribution is 2.14. The highest BCUT2D eigenvalue weighted by atomic mass is 32.2. The third kappa shape index (κ3) is 4.39. The zero-order valence-corrected chi connectivity index (χ0v) is 14.3. The first-order valence-corrected chi connectivity index (χ1v) is 8.74. The molecule has 2 aromatic rings. The van der Waals surface area contributed by atoms with E-state index in [0.29, 0.717) is 0 Å². The molecule has 0 unspecified atom stereocenters. The van der Waals surface area contributed by atoms with Crippen LogP contribution in [0.1, 0.15) is 5.56 Å². The van der Waals surface area contributed by atoms with Gasteiger partial charge in [0.25, 0.3) is 0 Å². The van der Waals surface area contributed by atoms with E-state index in [1.54, 1.807) is 37.4 Å².